The summed E-state index contributed by atoms with van der Waals surface area (Å²) in [5.74, 6) is 1.56. The summed E-state index contributed by atoms with van der Waals surface area (Å²) in [6.07, 6.45) is 1.51. The van der Waals surface area contributed by atoms with Crippen LogP contribution in [0.2, 0.25) is 0 Å². The Bertz CT molecular complexity index is 947. The Kier molecular flexibility index (Phi) is 5.89. The lowest BCUT2D eigenvalue weighted by molar-refractivity contribution is -0.123. The minimum Gasteiger partial charge on any atom is -0.497 e. The third kappa shape index (κ3) is 4.98. The van der Waals surface area contributed by atoms with Gasteiger partial charge < -0.3 is 14.2 Å². The Hall–Kier alpha value is -3.54. The molecule has 0 aliphatic carbocycles. The average Bonchev–Trinajstić information content (AvgIpc) is 2.71. The summed E-state index contributed by atoms with van der Waals surface area (Å²) in [6, 6.07) is 19.0. The molecule has 6 nitrogen and oxygen atoms in total. The number of rotatable bonds is 7. The lowest BCUT2D eigenvalue weighted by atomic mass is 10.1. The highest BCUT2D eigenvalue weighted by atomic mass is 16.5. The van der Waals surface area contributed by atoms with Gasteiger partial charge in [0, 0.05) is 11.6 Å². The smallest absolute Gasteiger partial charge is 0.277 e. The van der Waals surface area contributed by atoms with Crippen LogP contribution in [0.1, 0.15) is 5.56 Å². The van der Waals surface area contributed by atoms with Gasteiger partial charge in [-0.25, -0.2) is 5.43 Å². The van der Waals surface area contributed by atoms with Crippen LogP contribution in [0.3, 0.4) is 0 Å². The van der Waals surface area contributed by atoms with Crippen LogP contribution >= 0.6 is 0 Å². The van der Waals surface area contributed by atoms with E-state index in [4.69, 9.17) is 14.2 Å². The lowest BCUT2D eigenvalue weighted by Crippen LogP contribution is -2.24. The number of benzene rings is 3. The van der Waals surface area contributed by atoms with E-state index >= 15 is 0 Å². The number of hydrazone groups is 1. The summed E-state index contributed by atoms with van der Waals surface area (Å²) >= 11 is 0. The second-order valence-corrected chi connectivity index (χ2v) is 5.74. The van der Waals surface area contributed by atoms with Gasteiger partial charge in [-0.05, 0) is 35.0 Å². The van der Waals surface area contributed by atoms with Crippen LogP contribution in [0.15, 0.2) is 65.8 Å². The molecule has 0 atom stereocenters. The fraction of sp³-hybridized carbons (Fsp3) is 0.143. The van der Waals surface area contributed by atoms with Crippen molar-refractivity contribution in [3.63, 3.8) is 0 Å². The number of nitrogens with one attached hydrogen (secondary N) is 1. The normalized spacial score (nSPS) is 10.7. The van der Waals surface area contributed by atoms with Crippen molar-refractivity contribution in [2.75, 3.05) is 20.8 Å². The van der Waals surface area contributed by atoms with Crippen molar-refractivity contribution in [1.82, 2.24) is 5.43 Å². The van der Waals surface area contributed by atoms with E-state index in [-0.39, 0.29) is 12.5 Å². The number of methoxy groups -OCH3 is 2. The van der Waals surface area contributed by atoms with Gasteiger partial charge in [-0.15, -0.1) is 0 Å². The molecular weight excluding hydrogens is 344 g/mol. The fourth-order valence-corrected chi connectivity index (χ4v) is 2.52. The SMILES string of the molecule is COc1cc(/C=N/NC(=O)COc2ccc3ccccc3c2)cc(OC)c1. The predicted octanol–water partition coefficient (Wildman–Crippen LogP) is 3.39. The molecular formula is C21H20N2O4. The maximum absolute atomic E-state index is 11.9. The molecule has 0 heterocycles. The molecule has 0 saturated heterocycles. The predicted molar refractivity (Wildman–Crippen MR) is 105 cm³/mol. The average molecular weight is 364 g/mol. The fourth-order valence-electron chi connectivity index (χ4n) is 2.52. The third-order valence-corrected chi connectivity index (χ3v) is 3.87. The number of fused-ring (bicyclic) bond motifs is 1. The highest BCUT2D eigenvalue weighted by Crippen LogP contribution is 2.22. The Morgan fingerprint density at radius 1 is 0.926 bits per heavy atom. The van der Waals surface area contributed by atoms with E-state index in [1.165, 1.54) is 6.21 Å². The number of amides is 1. The molecule has 0 aliphatic rings. The van der Waals surface area contributed by atoms with E-state index < -0.39 is 0 Å². The first kappa shape index (κ1) is 18.3. The number of carbonyl (C=O) groups is 1. The maximum atomic E-state index is 11.9. The summed E-state index contributed by atoms with van der Waals surface area (Å²) in [7, 11) is 3.14. The Morgan fingerprint density at radius 3 is 2.33 bits per heavy atom. The number of hydrogen-bond donors (Lipinski definition) is 1. The summed E-state index contributed by atoms with van der Waals surface area (Å²) in [5, 5.41) is 6.11. The van der Waals surface area contributed by atoms with Crippen LogP contribution in [0, 0.1) is 0 Å². The van der Waals surface area contributed by atoms with E-state index in [0.717, 1.165) is 16.3 Å². The van der Waals surface area contributed by atoms with Crippen molar-refractivity contribution in [3.8, 4) is 17.2 Å². The standard InChI is InChI=1S/C21H20N2O4/c1-25-19-9-15(10-20(12-19)26-2)13-22-23-21(24)14-27-18-8-7-16-5-3-4-6-17(16)11-18/h3-13H,14H2,1-2H3,(H,23,24)/b22-13+. The van der Waals surface area contributed by atoms with Gasteiger partial charge in [0.1, 0.15) is 17.2 Å². The summed E-state index contributed by atoms with van der Waals surface area (Å²) in [6.45, 7) is -0.128. The minimum absolute atomic E-state index is 0.128. The van der Waals surface area contributed by atoms with Crippen LogP contribution in [0.25, 0.3) is 10.8 Å². The van der Waals surface area contributed by atoms with Crippen LogP contribution in [0.4, 0.5) is 0 Å². The summed E-state index contributed by atoms with van der Waals surface area (Å²) in [5.41, 5.74) is 3.18. The molecule has 0 fully saturated rings. The molecule has 0 radical (unpaired) electrons. The van der Waals surface area contributed by atoms with Crippen LogP contribution in [-0.2, 0) is 4.79 Å². The zero-order valence-corrected chi connectivity index (χ0v) is 15.1. The zero-order chi connectivity index (χ0) is 19.1. The largest absolute Gasteiger partial charge is 0.497 e. The van der Waals surface area contributed by atoms with Crippen molar-refractivity contribution >= 4 is 22.9 Å². The molecule has 1 N–H and O–H groups in total. The lowest BCUT2D eigenvalue weighted by Gasteiger charge is -2.07. The highest BCUT2D eigenvalue weighted by molar-refractivity contribution is 5.85. The first-order chi connectivity index (χ1) is 13.2. The van der Waals surface area contributed by atoms with Gasteiger partial charge in [-0.3, -0.25) is 4.79 Å². The first-order valence-corrected chi connectivity index (χ1v) is 8.34. The molecule has 3 aromatic carbocycles. The summed E-state index contributed by atoms with van der Waals surface area (Å²) in [4.78, 5) is 11.9. The van der Waals surface area contributed by atoms with Crippen molar-refractivity contribution in [3.05, 3.63) is 66.2 Å². The summed E-state index contributed by atoms with van der Waals surface area (Å²) < 4.78 is 15.9. The molecule has 0 bridgehead atoms. The molecule has 1 amide bonds. The highest BCUT2D eigenvalue weighted by Gasteiger charge is 2.03. The number of nitrogens with zero attached hydrogens (tertiary/aromatic N) is 1. The van der Waals surface area contributed by atoms with Crippen molar-refractivity contribution in [2.24, 2.45) is 5.10 Å². The van der Waals surface area contributed by atoms with Gasteiger partial charge in [0.15, 0.2) is 6.61 Å². The Labute approximate surface area is 157 Å². The first-order valence-electron chi connectivity index (χ1n) is 8.34. The van der Waals surface area contributed by atoms with E-state index in [9.17, 15) is 4.79 Å². The van der Waals surface area contributed by atoms with Crippen LogP contribution in [0.5, 0.6) is 17.2 Å². The quantitative estimate of drug-likeness (QED) is 0.515. The second kappa shape index (κ2) is 8.71. The van der Waals surface area contributed by atoms with E-state index in [1.54, 1.807) is 32.4 Å². The maximum Gasteiger partial charge on any atom is 0.277 e. The van der Waals surface area contributed by atoms with Gasteiger partial charge in [0.2, 0.25) is 0 Å². The minimum atomic E-state index is -0.353. The Balaban J connectivity index is 1.55. The molecule has 6 heteroatoms. The molecule has 0 spiro atoms. The number of hydrogen-bond acceptors (Lipinski definition) is 5. The molecule has 3 rings (SSSR count). The van der Waals surface area contributed by atoms with Crippen LogP contribution < -0.4 is 19.6 Å². The van der Waals surface area contributed by atoms with Crippen molar-refractivity contribution < 1.29 is 19.0 Å². The van der Waals surface area contributed by atoms with E-state index in [2.05, 4.69) is 10.5 Å². The molecule has 0 aromatic heterocycles. The van der Waals surface area contributed by atoms with Crippen molar-refractivity contribution in [2.45, 2.75) is 0 Å². The zero-order valence-electron chi connectivity index (χ0n) is 15.1. The molecule has 3 aromatic rings. The molecule has 27 heavy (non-hydrogen) atoms. The molecule has 138 valence electrons. The molecule has 0 aliphatic heterocycles. The molecule has 0 saturated carbocycles. The monoisotopic (exact) mass is 364 g/mol. The van der Waals surface area contributed by atoms with Gasteiger partial charge >= 0.3 is 0 Å². The van der Waals surface area contributed by atoms with Crippen molar-refractivity contribution in [1.29, 1.82) is 0 Å². The van der Waals surface area contributed by atoms with E-state index in [0.29, 0.717) is 17.2 Å². The van der Waals surface area contributed by atoms with Gasteiger partial charge in [-0.1, -0.05) is 30.3 Å². The molecule has 0 unspecified atom stereocenters. The van der Waals surface area contributed by atoms with Gasteiger partial charge in [0.25, 0.3) is 5.91 Å². The van der Waals surface area contributed by atoms with Crippen LogP contribution in [-0.4, -0.2) is 32.9 Å². The van der Waals surface area contributed by atoms with E-state index in [1.807, 2.05) is 42.5 Å². The van der Waals surface area contributed by atoms with Gasteiger partial charge in [0.05, 0.1) is 20.4 Å². The van der Waals surface area contributed by atoms with Gasteiger partial charge in [-0.2, -0.15) is 5.10 Å². The topological polar surface area (TPSA) is 69.2 Å². The third-order valence-electron chi connectivity index (χ3n) is 3.87. The second-order valence-electron chi connectivity index (χ2n) is 5.74. The number of carbonyl (C=O) groups excluding carboxylic acids is 1. The number of ether oxygens (including phenoxy) is 3. The Morgan fingerprint density at radius 2 is 1.63 bits per heavy atom.